The summed E-state index contributed by atoms with van der Waals surface area (Å²) in [5, 5.41) is 5.17. The third-order valence-corrected chi connectivity index (χ3v) is 4.79. The van der Waals surface area contributed by atoms with Crippen LogP contribution in [0, 0.1) is 5.92 Å². The van der Waals surface area contributed by atoms with Crippen molar-refractivity contribution >= 4 is 34.8 Å². The molecule has 1 atom stereocenters. The first kappa shape index (κ1) is 15.7. The van der Waals surface area contributed by atoms with E-state index in [1.807, 2.05) is 36.5 Å². The number of benzene rings is 1. The van der Waals surface area contributed by atoms with Crippen LogP contribution in [-0.4, -0.2) is 22.9 Å². The van der Waals surface area contributed by atoms with Crippen LogP contribution in [0.25, 0.3) is 10.9 Å². The Labute approximate surface area is 140 Å². The molecule has 0 unspecified atom stereocenters. The molecule has 1 aliphatic carbocycles. The number of thioether (sulfide) groups is 1. The lowest BCUT2D eigenvalue weighted by atomic mass is 9.96. The summed E-state index contributed by atoms with van der Waals surface area (Å²) in [6, 6.07) is 9.94. The van der Waals surface area contributed by atoms with Crippen LogP contribution in [0.3, 0.4) is 0 Å². The molecule has 0 saturated carbocycles. The van der Waals surface area contributed by atoms with Crippen molar-refractivity contribution in [3.8, 4) is 0 Å². The predicted octanol–water partition coefficient (Wildman–Crippen LogP) is 3.79. The summed E-state index contributed by atoms with van der Waals surface area (Å²) in [5.41, 5.74) is 3.55. The first-order chi connectivity index (χ1) is 11.3. The monoisotopic (exact) mass is 325 g/mol. The number of amides is 1. The van der Waals surface area contributed by atoms with Gasteiger partial charge in [-0.25, -0.2) is 5.43 Å². The Morgan fingerprint density at radius 3 is 3.13 bits per heavy atom. The zero-order chi connectivity index (χ0) is 15.9. The normalized spacial score (nSPS) is 17.7. The summed E-state index contributed by atoms with van der Waals surface area (Å²) in [7, 11) is 0. The Kier molecular flexibility index (Phi) is 5.42. The number of carbonyl (C=O) groups is 1. The highest BCUT2D eigenvalue weighted by atomic mass is 32.2. The van der Waals surface area contributed by atoms with E-state index in [1.54, 1.807) is 6.20 Å². The molecule has 0 saturated heterocycles. The number of para-hydroxylation sites is 1. The Hall–Kier alpha value is -2.14. The Morgan fingerprint density at radius 1 is 1.35 bits per heavy atom. The lowest BCUT2D eigenvalue weighted by Gasteiger charge is -2.11. The Morgan fingerprint density at radius 2 is 2.26 bits per heavy atom. The van der Waals surface area contributed by atoms with Gasteiger partial charge in [-0.3, -0.25) is 9.78 Å². The smallest absolute Gasteiger partial charge is 0.250 e. The van der Waals surface area contributed by atoms with Gasteiger partial charge >= 0.3 is 0 Å². The van der Waals surface area contributed by atoms with E-state index in [9.17, 15) is 4.79 Å². The molecule has 1 aliphatic rings. The highest BCUT2D eigenvalue weighted by molar-refractivity contribution is 8.00. The van der Waals surface area contributed by atoms with Gasteiger partial charge in [0.1, 0.15) is 0 Å². The predicted molar refractivity (Wildman–Crippen MR) is 95.6 cm³/mol. The first-order valence-electron chi connectivity index (χ1n) is 7.76. The average Bonchev–Trinajstić information content (AvgIpc) is 2.61. The summed E-state index contributed by atoms with van der Waals surface area (Å²) in [4.78, 5) is 17.3. The number of aromatic nitrogens is 1. The second kappa shape index (κ2) is 7.92. The molecule has 1 N–H and O–H groups in total. The lowest BCUT2D eigenvalue weighted by molar-refractivity contribution is -0.118. The molecule has 2 aromatic rings. The van der Waals surface area contributed by atoms with Crippen LogP contribution in [0.15, 0.2) is 58.7 Å². The second-order valence-corrected chi connectivity index (χ2v) is 6.49. The third kappa shape index (κ3) is 4.42. The van der Waals surface area contributed by atoms with Crippen LogP contribution in [0.5, 0.6) is 0 Å². The van der Waals surface area contributed by atoms with Gasteiger partial charge in [0.2, 0.25) is 5.91 Å². The van der Waals surface area contributed by atoms with Crippen LogP contribution >= 0.6 is 11.8 Å². The lowest BCUT2D eigenvalue weighted by Crippen LogP contribution is -2.20. The van der Waals surface area contributed by atoms with Crippen molar-refractivity contribution < 1.29 is 4.79 Å². The number of fused-ring (bicyclic) bond motifs is 1. The number of hydrogen-bond acceptors (Lipinski definition) is 4. The summed E-state index contributed by atoms with van der Waals surface area (Å²) >= 11 is 1.48. The summed E-state index contributed by atoms with van der Waals surface area (Å²) in [6.07, 6.45) is 11.2. The highest BCUT2D eigenvalue weighted by Crippen LogP contribution is 2.25. The molecule has 118 valence electrons. The Balaban J connectivity index is 1.52. The number of hydrazone groups is 1. The van der Waals surface area contributed by atoms with Gasteiger partial charge in [0.25, 0.3) is 0 Å². The van der Waals surface area contributed by atoms with E-state index in [1.165, 1.54) is 11.8 Å². The molecule has 1 heterocycles. The molecular formula is C18H19N3OS. The van der Waals surface area contributed by atoms with Gasteiger partial charge in [-0.05, 0) is 37.3 Å². The highest BCUT2D eigenvalue weighted by Gasteiger charge is 2.08. The maximum absolute atomic E-state index is 11.9. The molecule has 1 aromatic carbocycles. The van der Waals surface area contributed by atoms with Gasteiger partial charge in [-0.1, -0.05) is 30.4 Å². The van der Waals surface area contributed by atoms with Gasteiger partial charge in [0, 0.05) is 22.7 Å². The van der Waals surface area contributed by atoms with Crippen molar-refractivity contribution in [1.82, 2.24) is 10.4 Å². The summed E-state index contributed by atoms with van der Waals surface area (Å²) in [5.74, 6) is 0.679. The molecule has 0 aliphatic heterocycles. The van der Waals surface area contributed by atoms with E-state index in [-0.39, 0.29) is 5.91 Å². The van der Waals surface area contributed by atoms with Crippen molar-refractivity contribution in [1.29, 1.82) is 0 Å². The van der Waals surface area contributed by atoms with E-state index < -0.39 is 0 Å². The minimum atomic E-state index is -0.0921. The van der Waals surface area contributed by atoms with E-state index in [2.05, 4.69) is 27.7 Å². The number of allylic oxidation sites excluding steroid dienone is 2. The molecule has 0 fully saturated rings. The van der Waals surface area contributed by atoms with Crippen molar-refractivity contribution in [2.75, 3.05) is 5.75 Å². The SMILES string of the molecule is O=C(CSc1cccc2cccnc12)N/N=C\[C@@H]1CC=CCC1. The molecule has 23 heavy (non-hydrogen) atoms. The first-order valence-corrected chi connectivity index (χ1v) is 8.75. The van der Waals surface area contributed by atoms with Crippen LogP contribution < -0.4 is 5.43 Å². The van der Waals surface area contributed by atoms with Crippen LogP contribution in [-0.2, 0) is 4.79 Å². The molecule has 5 heteroatoms. The molecule has 1 aromatic heterocycles. The number of carbonyl (C=O) groups excluding carboxylic acids is 1. The molecule has 0 radical (unpaired) electrons. The second-order valence-electron chi connectivity index (χ2n) is 5.48. The fourth-order valence-corrected chi connectivity index (χ4v) is 3.37. The Bertz CT molecular complexity index is 737. The molecule has 4 nitrogen and oxygen atoms in total. The van der Waals surface area contributed by atoms with Crippen LogP contribution in [0.2, 0.25) is 0 Å². The van der Waals surface area contributed by atoms with E-state index >= 15 is 0 Å². The van der Waals surface area contributed by atoms with Gasteiger partial charge < -0.3 is 0 Å². The maximum atomic E-state index is 11.9. The summed E-state index contributed by atoms with van der Waals surface area (Å²) in [6.45, 7) is 0. The number of nitrogens with one attached hydrogen (secondary N) is 1. The molecule has 0 spiro atoms. The zero-order valence-electron chi connectivity index (χ0n) is 12.8. The quantitative estimate of drug-likeness (QED) is 0.394. The van der Waals surface area contributed by atoms with E-state index in [0.717, 1.165) is 35.1 Å². The topological polar surface area (TPSA) is 54.4 Å². The van der Waals surface area contributed by atoms with Gasteiger partial charge in [0.15, 0.2) is 0 Å². The van der Waals surface area contributed by atoms with Crippen molar-refractivity contribution in [3.05, 3.63) is 48.7 Å². The fourth-order valence-electron chi connectivity index (χ4n) is 2.54. The van der Waals surface area contributed by atoms with Gasteiger partial charge in [0.05, 0.1) is 11.3 Å². The van der Waals surface area contributed by atoms with Crippen molar-refractivity contribution in [3.63, 3.8) is 0 Å². The largest absolute Gasteiger partial charge is 0.272 e. The number of hydrogen-bond donors (Lipinski definition) is 1. The maximum Gasteiger partial charge on any atom is 0.250 e. The van der Waals surface area contributed by atoms with E-state index in [4.69, 9.17) is 0 Å². The standard InChI is InChI=1S/C18H19N3OS/c22-17(21-20-12-14-6-2-1-3-7-14)13-23-16-10-4-8-15-9-5-11-19-18(15)16/h1-2,4-5,8-12,14H,3,6-7,13H2,(H,21,22)/b20-12-/t14-/m1/s1. The molecule has 3 rings (SSSR count). The molecule has 0 bridgehead atoms. The minimum Gasteiger partial charge on any atom is -0.272 e. The van der Waals surface area contributed by atoms with Gasteiger partial charge in [-0.2, -0.15) is 5.10 Å². The number of rotatable bonds is 5. The van der Waals surface area contributed by atoms with Gasteiger partial charge in [-0.15, -0.1) is 11.8 Å². The molecule has 1 amide bonds. The third-order valence-electron chi connectivity index (χ3n) is 3.74. The van der Waals surface area contributed by atoms with Crippen LogP contribution in [0.1, 0.15) is 19.3 Å². The zero-order valence-corrected chi connectivity index (χ0v) is 13.6. The van der Waals surface area contributed by atoms with Crippen molar-refractivity contribution in [2.24, 2.45) is 11.0 Å². The minimum absolute atomic E-state index is 0.0921. The van der Waals surface area contributed by atoms with E-state index in [0.29, 0.717) is 11.7 Å². The fraction of sp³-hybridized carbons (Fsp3) is 0.278. The van der Waals surface area contributed by atoms with Crippen LogP contribution in [0.4, 0.5) is 0 Å². The molecular weight excluding hydrogens is 306 g/mol. The van der Waals surface area contributed by atoms with Crippen molar-refractivity contribution in [2.45, 2.75) is 24.2 Å². The summed E-state index contributed by atoms with van der Waals surface area (Å²) < 4.78 is 0. The number of nitrogens with zero attached hydrogens (tertiary/aromatic N) is 2. The number of pyridine rings is 1. The average molecular weight is 325 g/mol.